The number of thiophene rings is 1. The molecule has 4 rings (SSSR count). The minimum Gasteiger partial charge on any atom is -0.342 e. The van der Waals surface area contributed by atoms with Gasteiger partial charge < -0.3 is 9.80 Å². The van der Waals surface area contributed by atoms with Gasteiger partial charge in [-0.3, -0.25) is 19.3 Å². The molecule has 9 heteroatoms. The Morgan fingerprint density at radius 2 is 1.83 bits per heavy atom. The van der Waals surface area contributed by atoms with Crippen LogP contribution in [-0.4, -0.2) is 62.6 Å². The number of hydrogen-bond donors (Lipinski definition) is 1. The lowest BCUT2D eigenvalue weighted by molar-refractivity contribution is -0.142. The number of nitrogens with one attached hydrogen (secondary N) is 1. The first-order valence-electron chi connectivity index (χ1n) is 10.8. The van der Waals surface area contributed by atoms with E-state index in [1.165, 1.54) is 12.8 Å². The van der Waals surface area contributed by atoms with E-state index in [1.54, 1.807) is 15.9 Å². The molecule has 2 aliphatic rings. The highest BCUT2D eigenvalue weighted by Crippen LogP contribution is 2.28. The minimum absolute atomic E-state index is 0.0333. The third kappa shape index (κ3) is 4.37. The molecule has 1 atom stereocenters. The van der Waals surface area contributed by atoms with Crippen molar-refractivity contribution in [2.75, 3.05) is 26.2 Å². The zero-order chi connectivity index (χ0) is 21.1. The van der Waals surface area contributed by atoms with Crippen LogP contribution >= 0.6 is 23.6 Å². The van der Waals surface area contributed by atoms with Crippen LogP contribution in [-0.2, 0) is 9.59 Å². The van der Waals surface area contributed by atoms with Crippen molar-refractivity contribution < 1.29 is 9.59 Å². The molecule has 162 valence electrons. The van der Waals surface area contributed by atoms with Gasteiger partial charge in [-0.25, -0.2) is 0 Å². The summed E-state index contributed by atoms with van der Waals surface area (Å²) in [5, 5.41) is 9.15. The third-order valence-electron chi connectivity index (χ3n) is 6.26. The molecular weight excluding hydrogens is 418 g/mol. The highest BCUT2D eigenvalue weighted by molar-refractivity contribution is 7.71. The second-order valence-corrected chi connectivity index (χ2v) is 9.55. The summed E-state index contributed by atoms with van der Waals surface area (Å²) in [5.41, 5.74) is 0. The number of rotatable bonds is 4. The third-order valence-corrected chi connectivity index (χ3v) is 7.42. The number of carbonyl (C=O) groups excluding carboxylic acids is 2. The first-order chi connectivity index (χ1) is 14.6. The summed E-state index contributed by atoms with van der Waals surface area (Å²) < 4.78 is 2.25. The number of aromatic nitrogens is 3. The number of aromatic amines is 1. The van der Waals surface area contributed by atoms with Crippen molar-refractivity contribution in [2.24, 2.45) is 5.92 Å². The van der Waals surface area contributed by atoms with Gasteiger partial charge in [0.15, 0.2) is 10.6 Å². The lowest BCUT2D eigenvalue weighted by Gasteiger charge is -2.35. The number of nitrogens with zero attached hydrogens (tertiary/aromatic N) is 4. The zero-order valence-electron chi connectivity index (χ0n) is 17.4. The van der Waals surface area contributed by atoms with Crippen LogP contribution in [0.3, 0.4) is 0 Å². The van der Waals surface area contributed by atoms with Crippen LogP contribution in [0.1, 0.15) is 51.5 Å². The standard InChI is InChI=1S/C21H29N5O2S2/c1-15(26-18(22-23-21(26)29)17-7-6-14-30-17)19(27)25-12-8-16(9-13-25)20(28)24-10-4-2-3-5-11-24/h6-7,14-16H,2-5,8-13H2,1H3,(H,23,29). The topological polar surface area (TPSA) is 74.2 Å². The fourth-order valence-corrected chi connectivity index (χ4v) is 5.51. The predicted octanol–water partition coefficient (Wildman–Crippen LogP) is 3.87. The van der Waals surface area contributed by atoms with Gasteiger partial charge in [0.1, 0.15) is 6.04 Å². The number of piperidine rings is 1. The maximum absolute atomic E-state index is 13.2. The molecule has 0 aromatic carbocycles. The minimum atomic E-state index is -0.439. The van der Waals surface area contributed by atoms with Crippen LogP contribution in [0.2, 0.25) is 0 Å². The molecule has 7 nitrogen and oxygen atoms in total. The van der Waals surface area contributed by atoms with Crippen molar-refractivity contribution in [1.29, 1.82) is 0 Å². The van der Waals surface area contributed by atoms with E-state index in [0.717, 1.165) is 43.6 Å². The van der Waals surface area contributed by atoms with E-state index in [1.807, 2.05) is 29.3 Å². The molecule has 0 spiro atoms. The first kappa shape index (κ1) is 21.2. The van der Waals surface area contributed by atoms with Crippen molar-refractivity contribution in [3.8, 4) is 10.7 Å². The van der Waals surface area contributed by atoms with Crippen LogP contribution in [0.5, 0.6) is 0 Å². The Hall–Kier alpha value is -2.00. The Balaban J connectivity index is 1.39. The van der Waals surface area contributed by atoms with Crippen molar-refractivity contribution >= 4 is 35.4 Å². The van der Waals surface area contributed by atoms with E-state index in [9.17, 15) is 9.59 Å². The number of hydrogen-bond acceptors (Lipinski definition) is 5. The number of likely N-dealkylation sites (tertiary alicyclic amines) is 2. The van der Waals surface area contributed by atoms with E-state index in [4.69, 9.17) is 12.2 Å². The summed E-state index contributed by atoms with van der Waals surface area (Å²) in [6.07, 6.45) is 6.14. The lowest BCUT2D eigenvalue weighted by atomic mass is 9.94. The van der Waals surface area contributed by atoms with Gasteiger partial charge in [0, 0.05) is 32.1 Å². The Kier molecular flexibility index (Phi) is 6.67. The summed E-state index contributed by atoms with van der Waals surface area (Å²) in [6.45, 7) is 4.89. The highest BCUT2D eigenvalue weighted by Gasteiger charge is 2.33. The van der Waals surface area contributed by atoms with Crippen LogP contribution in [0.4, 0.5) is 0 Å². The quantitative estimate of drug-likeness (QED) is 0.722. The molecule has 2 aromatic heterocycles. The molecule has 2 saturated heterocycles. The molecule has 2 amide bonds. The van der Waals surface area contributed by atoms with Gasteiger partial charge in [0.2, 0.25) is 11.8 Å². The van der Waals surface area contributed by atoms with Crippen LogP contribution in [0.25, 0.3) is 10.7 Å². The second-order valence-electron chi connectivity index (χ2n) is 8.21. The van der Waals surface area contributed by atoms with Crippen molar-refractivity contribution in [1.82, 2.24) is 24.6 Å². The van der Waals surface area contributed by atoms with Gasteiger partial charge in [-0.1, -0.05) is 18.9 Å². The van der Waals surface area contributed by atoms with Gasteiger partial charge >= 0.3 is 0 Å². The van der Waals surface area contributed by atoms with E-state index in [2.05, 4.69) is 15.1 Å². The lowest BCUT2D eigenvalue weighted by Crippen LogP contribution is -2.46. The van der Waals surface area contributed by atoms with Crippen molar-refractivity contribution in [3.05, 3.63) is 22.3 Å². The molecule has 0 radical (unpaired) electrons. The first-order valence-corrected chi connectivity index (χ1v) is 12.1. The Morgan fingerprint density at radius 1 is 1.13 bits per heavy atom. The zero-order valence-corrected chi connectivity index (χ0v) is 19.0. The summed E-state index contributed by atoms with van der Waals surface area (Å²) >= 11 is 6.98. The molecule has 0 saturated carbocycles. The van der Waals surface area contributed by atoms with Crippen LogP contribution in [0.15, 0.2) is 17.5 Å². The fourth-order valence-electron chi connectivity index (χ4n) is 4.51. The molecule has 1 N–H and O–H groups in total. The van der Waals surface area contributed by atoms with E-state index in [0.29, 0.717) is 23.7 Å². The molecule has 2 aromatic rings. The summed E-state index contributed by atoms with van der Waals surface area (Å²) in [4.78, 5) is 31.0. The molecule has 2 fully saturated rings. The summed E-state index contributed by atoms with van der Waals surface area (Å²) in [6, 6.07) is 3.50. The average molecular weight is 448 g/mol. The van der Waals surface area contributed by atoms with Gasteiger partial charge in [-0.15, -0.1) is 11.3 Å². The van der Waals surface area contributed by atoms with Crippen LogP contribution < -0.4 is 0 Å². The molecule has 0 aliphatic carbocycles. The molecule has 30 heavy (non-hydrogen) atoms. The maximum atomic E-state index is 13.2. The maximum Gasteiger partial charge on any atom is 0.245 e. The Bertz CT molecular complexity index is 920. The monoisotopic (exact) mass is 447 g/mol. The molecule has 0 bridgehead atoms. The Labute approximate surface area is 186 Å². The van der Waals surface area contributed by atoms with E-state index < -0.39 is 6.04 Å². The Morgan fingerprint density at radius 3 is 2.47 bits per heavy atom. The van der Waals surface area contributed by atoms with E-state index in [-0.39, 0.29) is 17.7 Å². The van der Waals surface area contributed by atoms with Crippen LogP contribution in [0, 0.1) is 10.7 Å². The van der Waals surface area contributed by atoms with Gasteiger partial charge in [0.25, 0.3) is 0 Å². The van der Waals surface area contributed by atoms with Gasteiger partial charge in [-0.2, -0.15) is 5.10 Å². The SMILES string of the molecule is CC(C(=O)N1CCC(C(=O)N2CCCCCC2)CC1)n1c(-c2cccs2)n[nH]c1=S. The van der Waals surface area contributed by atoms with Crippen molar-refractivity contribution in [2.45, 2.75) is 51.5 Å². The predicted molar refractivity (Wildman–Crippen MR) is 120 cm³/mol. The molecule has 4 heterocycles. The van der Waals surface area contributed by atoms with Crippen molar-refractivity contribution in [3.63, 3.8) is 0 Å². The smallest absolute Gasteiger partial charge is 0.245 e. The molecule has 2 aliphatic heterocycles. The number of carbonyl (C=O) groups is 2. The fraction of sp³-hybridized carbons (Fsp3) is 0.619. The number of amides is 2. The molecular formula is C21H29N5O2S2. The van der Waals surface area contributed by atoms with Gasteiger partial charge in [0.05, 0.1) is 4.88 Å². The average Bonchev–Trinajstić information content (AvgIpc) is 3.34. The summed E-state index contributed by atoms with van der Waals surface area (Å²) in [5.74, 6) is 1.06. The summed E-state index contributed by atoms with van der Waals surface area (Å²) in [7, 11) is 0. The second kappa shape index (κ2) is 9.43. The number of H-pyrrole nitrogens is 1. The largest absolute Gasteiger partial charge is 0.342 e. The highest BCUT2D eigenvalue weighted by atomic mass is 32.1. The normalized spacial score (nSPS) is 19.5. The van der Waals surface area contributed by atoms with E-state index >= 15 is 0 Å². The van der Waals surface area contributed by atoms with Gasteiger partial charge in [-0.05, 0) is 56.3 Å². The molecule has 1 unspecified atom stereocenters.